The number of methoxy groups -OCH3 is 1. The maximum Gasteiger partial charge on any atom is 0.419 e. The van der Waals surface area contributed by atoms with Crippen molar-refractivity contribution < 1.29 is 27.4 Å². The standard InChI is InChI=1S/C17H12F3NO3/c1-23-16-7-11(8-21)2-4-13(16)10-24-15-5-3-12(9-22)6-14(15)17(18,19)20/h2-7,9H,10H2,1H3. The van der Waals surface area contributed by atoms with Crippen LogP contribution in [0, 0.1) is 11.3 Å². The van der Waals surface area contributed by atoms with Crippen LogP contribution in [0.4, 0.5) is 13.2 Å². The zero-order valence-corrected chi connectivity index (χ0v) is 12.6. The summed E-state index contributed by atoms with van der Waals surface area (Å²) >= 11 is 0. The zero-order valence-electron chi connectivity index (χ0n) is 12.6. The molecule has 7 heteroatoms. The Morgan fingerprint density at radius 1 is 1.17 bits per heavy atom. The molecular formula is C17H12F3NO3. The summed E-state index contributed by atoms with van der Waals surface area (Å²) in [7, 11) is 1.39. The van der Waals surface area contributed by atoms with Crippen LogP contribution >= 0.6 is 0 Å². The maximum atomic E-state index is 13.1. The Balaban J connectivity index is 2.30. The van der Waals surface area contributed by atoms with E-state index in [1.165, 1.54) is 25.3 Å². The second kappa shape index (κ2) is 7.04. The minimum atomic E-state index is -4.65. The Labute approximate surface area is 136 Å². The van der Waals surface area contributed by atoms with Gasteiger partial charge in [-0.15, -0.1) is 0 Å². The molecule has 0 aromatic heterocycles. The van der Waals surface area contributed by atoms with Crippen molar-refractivity contribution in [3.63, 3.8) is 0 Å². The molecule has 0 spiro atoms. The summed E-state index contributed by atoms with van der Waals surface area (Å²) in [5.74, 6) is -0.0494. The number of nitriles is 1. The number of carbonyl (C=O) groups is 1. The highest BCUT2D eigenvalue weighted by atomic mass is 19.4. The number of halogens is 3. The second-order valence-electron chi connectivity index (χ2n) is 4.80. The number of aldehydes is 1. The van der Waals surface area contributed by atoms with E-state index in [0.29, 0.717) is 23.2 Å². The molecule has 0 radical (unpaired) electrons. The summed E-state index contributed by atoms with van der Waals surface area (Å²) in [6, 6.07) is 9.55. The van der Waals surface area contributed by atoms with E-state index >= 15 is 0 Å². The summed E-state index contributed by atoms with van der Waals surface area (Å²) < 4.78 is 49.6. The average Bonchev–Trinajstić information content (AvgIpc) is 2.58. The molecule has 24 heavy (non-hydrogen) atoms. The molecule has 0 N–H and O–H groups in total. The Hall–Kier alpha value is -3.01. The van der Waals surface area contributed by atoms with Gasteiger partial charge >= 0.3 is 6.18 Å². The Morgan fingerprint density at radius 2 is 1.92 bits per heavy atom. The van der Waals surface area contributed by atoms with E-state index in [1.807, 2.05) is 6.07 Å². The molecule has 0 saturated heterocycles. The maximum absolute atomic E-state index is 13.1. The van der Waals surface area contributed by atoms with Crippen LogP contribution in [-0.4, -0.2) is 13.4 Å². The van der Waals surface area contributed by atoms with Gasteiger partial charge in [-0.05, 0) is 30.3 Å². The molecule has 4 nitrogen and oxygen atoms in total. The van der Waals surface area contributed by atoms with Crippen LogP contribution in [-0.2, 0) is 12.8 Å². The lowest BCUT2D eigenvalue weighted by Crippen LogP contribution is -2.10. The summed E-state index contributed by atoms with van der Waals surface area (Å²) in [4.78, 5) is 10.7. The van der Waals surface area contributed by atoms with Gasteiger partial charge in [0.25, 0.3) is 0 Å². The van der Waals surface area contributed by atoms with Crippen LogP contribution in [0.5, 0.6) is 11.5 Å². The van der Waals surface area contributed by atoms with Gasteiger partial charge in [-0.3, -0.25) is 4.79 Å². The van der Waals surface area contributed by atoms with Crippen molar-refractivity contribution in [3.05, 3.63) is 58.7 Å². The van der Waals surface area contributed by atoms with E-state index in [-0.39, 0.29) is 17.9 Å². The van der Waals surface area contributed by atoms with Crippen LogP contribution in [0.15, 0.2) is 36.4 Å². The van der Waals surface area contributed by atoms with Crippen molar-refractivity contribution >= 4 is 6.29 Å². The molecule has 0 atom stereocenters. The predicted molar refractivity (Wildman–Crippen MR) is 78.9 cm³/mol. The molecule has 0 aliphatic carbocycles. The number of hydrogen-bond donors (Lipinski definition) is 0. The first-order chi connectivity index (χ1) is 11.4. The van der Waals surface area contributed by atoms with Gasteiger partial charge in [0, 0.05) is 11.1 Å². The summed E-state index contributed by atoms with van der Waals surface area (Å²) in [6.07, 6.45) is -4.31. The van der Waals surface area contributed by atoms with Crippen molar-refractivity contribution in [2.45, 2.75) is 12.8 Å². The number of ether oxygens (including phenoxy) is 2. The fourth-order valence-corrected chi connectivity index (χ4v) is 2.06. The Morgan fingerprint density at radius 3 is 2.50 bits per heavy atom. The topological polar surface area (TPSA) is 59.3 Å². The molecule has 124 valence electrons. The molecule has 2 aromatic rings. The molecule has 0 unspecified atom stereocenters. The van der Waals surface area contributed by atoms with Gasteiger partial charge in [0.05, 0.1) is 24.3 Å². The third-order valence-electron chi connectivity index (χ3n) is 3.24. The van der Waals surface area contributed by atoms with E-state index < -0.39 is 11.7 Å². The number of benzene rings is 2. The quantitative estimate of drug-likeness (QED) is 0.776. The fourth-order valence-electron chi connectivity index (χ4n) is 2.06. The molecule has 0 fully saturated rings. The van der Waals surface area contributed by atoms with Gasteiger partial charge in [0.1, 0.15) is 24.4 Å². The molecule has 0 heterocycles. The highest BCUT2D eigenvalue weighted by molar-refractivity contribution is 5.75. The molecule has 2 aromatic carbocycles. The molecule has 0 amide bonds. The van der Waals surface area contributed by atoms with Crippen LogP contribution in [0.25, 0.3) is 0 Å². The third kappa shape index (κ3) is 3.84. The van der Waals surface area contributed by atoms with Gasteiger partial charge in [0.2, 0.25) is 0 Å². The van der Waals surface area contributed by atoms with Gasteiger partial charge in [-0.1, -0.05) is 6.07 Å². The van der Waals surface area contributed by atoms with E-state index in [1.54, 1.807) is 6.07 Å². The van der Waals surface area contributed by atoms with Crippen molar-refractivity contribution in [2.24, 2.45) is 0 Å². The number of hydrogen-bond acceptors (Lipinski definition) is 4. The average molecular weight is 335 g/mol. The first-order valence-electron chi connectivity index (χ1n) is 6.75. The normalized spacial score (nSPS) is 10.8. The molecule has 2 rings (SSSR count). The Kier molecular flexibility index (Phi) is 5.09. The smallest absolute Gasteiger partial charge is 0.419 e. The van der Waals surface area contributed by atoms with E-state index in [2.05, 4.69) is 0 Å². The third-order valence-corrected chi connectivity index (χ3v) is 3.24. The van der Waals surface area contributed by atoms with Crippen molar-refractivity contribution in [1.29, 1.82) is 5.26 Å². The summed E-state index contributed by atoms with van der Waals surface area (Å²) in [5.41, 5.74) is -0.267. The molecule has 0 bridgehead atoms. The SMILES string of the molecule is COc1cc(C#N)ccc1COc1ccc(C=O)cc1C(F)(F)F. The number of carbonyl (C=O) groups excluding carboxylic acids is 1. The zero-order chi connectivity index (χ0) is 17.7. The minimum absolute atomic E-state index is 0.0920. The van der Waals surface area contributed by atoms with Gasteiger partial charge in [-0.2, -0.15) is 18.4 Å². The molecule has 0 aliphatic rings. The minimum Gasteiger partial charge on any atom is -0.496 e. The van der Waals surface area contributed by atoms with Crippen LogP contribution in [0.2, 0.25) is 0 Å². The lowest BCUT2D eigenvalue weighted by Gasteiger charge is -2.15. The van der Waals surface area contributed by atoms with Gasteiger partial charge in [-0.25, -0.2) is 0 Å². The lowest BCUT2D eigenvalue weighted by molar-refractivity contribution is -0.139. The second-order valence-corrected chi connectivity index (χ2v) is 4.80. The van der Waals surface area contributed by atoms with Crippen molar-refractivity contribution in [2.75, 3.05) is 7.11 Å². The highest BCUT2D eigenvalue weighted by Gasteiger charge is 2.34. The van der Waals surface area contributed by atoms with Crippen LogP contribution < -0.4 is 9.47 Å². The number of nitrogens with zero attached hydrogens (tertiary/aromatic N) is 1. The largest absolute Gasteiger partial charge is 0.496 e. The van der Waals surface area contributed by atoms with Crippen LogP contribution in [0.3, 0.4) is 0 Å². The predicted octanol–water partition coefficient (Wildman–Crippen LogP) is 3.98. The fraction of sp³-hybridized carbons (Fsp3) is 0.176. The first-order valence-corrected chi connectivity index (χ1v) is 6.75. The van der Waals surface area contributed by atoms with E-state index in [4.69, 9.17) is 14.7 Å². The summed E-state index contributed by atoms with van der Waals surface area (Å²) in [5, 5.41) is 8.84. The molecular weight excluding hydrogens is 323 g/mol. The monoisotopic (exact) mass is 335 g/mol. The first kappa shape index (κ1) is 17.3. The van der Waals surface area contributed by atoms with Gasteiger partial charge < -0.3 is 9.47 Å². The van der Waals surface area contributed by atoms with Crippen LogP contribution in [0.1, 0.15) is 27.0 Å². The summed E-state index contributed by atoms with van der Waals surface area (Å²) in [6.45, 7) is -0.182. The molecule has 0 aliphatic heterocycles. The van der Waals surface area contributed by atoms with Crippen molar-refractivity contribution in [3.8, 4) is 17.6 Å². The Bertz CT molecular complexity index is 795. The van der Waals surface area contributed by atoms with E-state index in [0.717, 1.165) is 12.1 Å². The lowest BCUT2D eigenvalue weighted by atomic mass is 10.1. The van der Waals surface area contributed by atoms with E-state index in [9.17, 15) is 18.0 Å². The van der Waals surface area contributed by atoms with Gasteiger partial charge in [0.15, 0.2) is 0 Å². The highest BCUT2D eigenvalue weighted by Crippen LogP contribution is 2.37. The molecule has 0 saturated carbocycles. The van der Waals surface area contributed by atoms with Crippen molar-refractivity contribution in [1.82, 2.24) is 0 Å². The number of alkyl halides is 3. The number of rotatable bonds is 5.